The van der Waals surface area contributed by atoms with Gasteiger partial charge in [-0.3, -0.25) is 0 Å². The lowest BCUT2D eigenvalue weighted by Gasteiger charge is -2.02. The van der Waals surface area contributed by atoms with Gasteiger partial charge in [0.25, 0.3) is 0 Å². The quantitative estimate of drug-likeness (QED) is 0.749. The predicted molar refractivity (Wildman–Crippen MR) is 69.2 cm³/mol. The molecule has 19 heavy (non-hydrogen) atoms. The largest absolute Gasteiger partial charge is 0.331 e. The number of aromatic nitrogens is 1. The van der Waals surface area contributed by atoms with E-state index in [1.807, 2.05) is 0 Å². The zero-order valence-corrected chi connectivity index (χ0v) is 10.3. The molecule has 1 N–H and O–H groups in total. The summed E-state index contributed by atoms with van der Waals surface area (Å²) in [5.41, 5.74) is 1.04. The highest BCUT2D eigenvalue weighted by Gasteiger charge is 2.07. The Bertz CT molecular complexity index is 755. The third-order valence-corrected chi connectivity index (χ3v) is 3.45. The molecule has 0 saturated carbocycles. The van der Waals surface area contributed by atoms with Crippen molar-refractivity contribution in [2.75, 3.05) is 5.32 Å². The van der Waals surface area contributed by atoms with Gasteiger partial charge in [0.1, 0.15) is 5.82 Å². The molecular weight excluding hydrogens is 273 g/mol. The number of nitrogens with zero attached hydrogens (tertiary/aromatic N) is 1. The van der Waals surface area contributed by atoms with Gasteiger partial charge in [-0.1, -0.05) is 11.3 Å². The van der Waals surface area contributed by atoms with E-state index in [1.165, 1.54) is 29.5 Å². The van der Waals surface area contributed by atoms with Crippen molar-refractivity contribution < 1.29 is 13.2 Å². The van der Waals surface area contributed by atoms with E-state index in [0.717, 1.165) is 12.1 Å². The molecule has 0 bridgehead atoms. The Kier molecular flexibility index (Phi) is 2.87. The highest BCUT2D eigenvalue weighted by atomic mass is 32.1. The van der Waals surface area contributed by atoms with Crippen LogP contribution in [0.2, 0.25) is 0 Å². The maximum Gasteiger partial charge on any atom is 0.188 e. The lowest BCUT2D eigenvalue weighted by atomic mass is 10.3. The Hall–Kier alpha value is -2.08. The van der Waals surface area contributed by atoms with Crippen LogP contribution in [0, 0.1) is 17.5 Å². The van der Waals surface area contributed by atoms with E-state index < -0.39 is 11.6 Å². The van der Waals surface area contributed by atoms with Crippen LogP contribution in [0.1, 0.15) is 0 Å². The fourth-order valence-corrected chi connectivity index (χ4v) is 2.56. The van der Waals surface area contributed by atoms with Crippen LogP contribution in [0.15, 0.2) is 36.4 Å². The molecule has 0 aliphatic heterocycles. The van der Waals surface area contributed by atoms with Gasteiger partial charge in [0, 0.05) is 11.8 Å². The minimum atomic E-state index is -0.933. The summed E-state index contributed by atoms with van der Waals surface area (Å²) >= 11 is 1.24. The Morgan fingerprint density at radius 2 is 1.79 bits per heavy atom. The number of benzene rings is 2. The zero-order chi connectivity index (χ0) is 13.4. The summed E-state index contributed by atoms with van der Waals surface area (Å²) in [4.78, 5) is 4.23. The van der Waals surface area contributed by atoms with Gasteiger partial charge in [-0.2, -0.15) is 0 Å². The van der Waals surface area contributed by atoms with E-state index in [9.17, 15) is 13.2 Å². The van der Waals surface area contributed by atoms with Crippen LogP contribution in [0.4, 0.5) is 24.0 Å². The van der Waals surface area contributed by atoms with E-state index in [0.29, 0.717) is 21.0 Å². The zero-order valence-electron chi connectivity index (χ0n) is 9.45. The van der Waals surface area contributed by atoms with Gasteiger partial charge >= 0.3 is 0 Å². The summed E-state index contributed by atoms with van der Waals surface area (Å²) in [5.74, 6) is -2.18. The van der Waals surface area contributed by atoms with E-state index >= 15 is 0 Å². The first-order valence-corrected chi connectivity index (χ1v) is 6.21. The molecule has 0 amide bonds. The molecular formula is C13H7F3N2S. The number of halogens is 3. The van der Waals surface area contributed by atoms with Crippen LogP contribution < -0.4 is 5.32 Å². The van der Waals surface area contributed by atoms with Crippen molar-refractivity contribution in [2.45, 2.75) is 0 Å². The second kappa shape index (κ2) is 4.55. The van der Waals surface area contributed by atoms with Gasteiger partial charge in [0.2, 0.25) is 0 Å². The van der Waals surface area contributed by atoms with Gasteiger partial charge in [-0.25, -0.2) is 18.2 Å². The molecule has 96 valence electrons. The minimum Gasteiger partial charge on any atom is -0.331 e. The van der Waals surface area contributed by atoms with Crippen LogP contribution in [-0.2, 0) is 0 Å². The van der Waals surface area contributed by atoms with Crippen molar-refractivity contribution >= 4 is 32.4 Å². The summed E-state index contributed by atoms with van der Waals surface area (Å²) in [6, 6.07) is 7.75. The summed E-state index contributed by atoms with van der Waals surface area (Å²) in [7, 11) is 0. The van der Waals surface area contributed by atoms with Gasteiger partial charge in [-0.15, -0.1) is 0 Å². The molecule has 3 rings (SSSR count). The first kappa shape index (κ1) is 12.0. The Morgan fingerprint density at radius 3 is 2.58 bits per heavy atom. The van der Waals surface area contributed by atoms with Gasteiger partial charge in [0.05, 0.1) is 10.2 Å². The highest BCUT2D eigenvalue weighted by molar-refractivity contribution is 7.22. The van der Waals surface area contributed by atoms with Crippen molar-refractivity contribution in [3.63, 3.8) is 0 Å². The average Bonchev–Trinajstić information content (AvgIpc) is 2.75. The van der Waals surface area contributed by atoms with Gasteiger partial charge in [0.15, 0.2) is 16.8 Å². The molecule has 0 spiro atoms. The van der Waals surface area contributed by atoms with E-state index in [4.69, 9.17) is 0 Å². The number of fused-ring (bicyclic) bond motifs is 1. The SMILES string of the molecule is Fc1ccc2nc(Nc3ccc(F)c(F)c3)sc2c1. The summed E-state index contributed by atoms with van der Waals surface area (Å²) in [6.07, 6.45) is 0. The topological polar surface area (TPSA) is 24.9 Å². The third kappa shape index (κ3) is 2.39. The molecule has 6 heteroatoms. The smallest absolute Gasteiger partial charge is 0.188 e. The lowest BCUT2D eigenvalue weighted by Crippen LogP contribution is -1.91. The first-order valence-electron chi connectivity index (χ1n) is 5.40. The van der Waals surface area contributed by atoms with Gasteiger partial charge < -0.3 is 5.32 Å². The fourth-order valence-electron chi connectivity index (χ4n) is 1.65. The number of hydrogen-bond donors (Lipinski definition) is 1. The molecule has 1 aromatic heterocycles. The Balaban J connectivity index is 1.94. The average molecular weight is 280 g/mol. The molecule has 1 heterocycles. The summed E-state index contributed by atoms with van der Waals surface area (Å²) < 4.78 is 39.6. The maximum atomic E-state index is 13.1. The predicted octanol–water partition coefficient (Wildman–Crippen LogP) is 4.46. The van der Waals surface area contributed by atoms with Crippen LogP contribution in [0.25, 0.3) is 10.2 Å². The van der Waals surface area contributed by atoms with Crippen molar-refractivity contribution in [3.8, 4) is 0 Å². The molecule has 0 fully saturated rings. The highest BCUT2D eigenvalue weighted by Crippen LogP contribution is 2.29. The number of nitrogens with one attached hydrogen (secondary N) is 1. The van der Waals surface area contributed by atoms with Crippen LogP contribution in [-0.4, -0.2) is 4.98 Å². The summed E-state index contributed by atoms with van der Waals surface area (Å²) in [5, 5.41) is 3.35. The molecule has 2 aromatic carbocycles. The molecule has 0 radical (unpaired) electrons. The maximum absolute atomic E-state index is 13.1. The van der Waals surface area contributed by atoms with E-state index in [1.54, 1.807) is 6.07 Å². The standard InChI is InChI=1S/C13H7F3N2S/c14-7-1-4-11-12(5-7)19-13(18-11)17-8-2-3-9(15)10(16)6-8/h1-6H,(H,17,18). The monoisotopic (exact) mass is 280 g/mol. The molecule has 0 atom stereocenters. The molecule has 0 unspecified atom stereocenters. The molecule has 2 nitrogen and oxygen atoms in total. The molecule has 0 saturated heterocycles. The van der Waals surface area contributed by atoms with Crippen molar-refractivity contribution in [2.24, 2.45) is 0 Å². The van der Waals surface area contributed by atoms with Crippen LogP contribution in [0.3, 0.4) is 0 Å². The van der Waals surface area contributed by atoms with Gasteiger partial charge in [-0.05, 0) is 30.3 Å². The van der Waals surface area contributed by atoms with Crippen molar-refractivity contribution in [1.82, 2.24) is 4.98 Å². The lowest BCUT2D eigenvalue weighted by molar-refractivity contribution is 0.509. The van der Waals surface area contributed by atoms with Crippen LogP contribution in [0.5, 0.6) is 0 Å². The molecule has 0 aliphatic carbocycles. The Morgan fingerprint density at radius 1 is 0.947 bits per heavy atom. The third-order valence-electron chi connectivity index (χ3n) is 2.52. The molecule has 3 aromatic rings. The van der Waals surface area contributed by atoms with E-state index in [2.05, 4.69) is 10.3 Å². The second-order valence-corrected chi connectivity index (χ2v) is 4.92. The number of rotatable bonds is 2. The number of anilines is 2. The number of thiazole rings is 1. The Labute approximate surface area is 110 Å². The number of hydrogen-bond acceptors (Lipinski definition) is 3. The molecule has 0 aliphatic rings. The second-order valence-electron chi connectivity index (χ2n) is 3.88. The summed E-state index contributed by atoms with van der Waals surface area (Å²) in [6.45, 7) is 0. The van der Waals surface area contributed by atoms with E-state index in [-0.39, 0.29) is 5.82 Å². The normalized spacial score (nSPS) is 10.9. The van der Waals surface area contributed by atoms with Crippen molar-refractivity contribution in [3.05, 3.63) is 53.8 Å². The minimum absolute atomic E-state index is 0.337. The van der Waals surface area contributed by atoms with Crippen LogP contribution >= 0.6 is 11.3 Å². The first-order chi connectivity index (χ1) is 9.11. The fraction of sp³-hybridized carbons (Fsp3) is 0. The van der Waals surface area contributed by atoms with Crippen molar-refractivity contribution in [1.29, 1.82) is 0 Å².